The number of amides is 2. The minimum Gasteiger partial charge on any atom is -0.444 e. The summed E-state index contributed by atoms with van der Waals surface area (Å²) in [6.45, 7) is 4.68. The van der Waals surface area contributed by atoms with Gasteiger partial charge in [-0.15, -0.1) is 0 Å². The van der Waals surface area contributed by atoms with Gasteiger partial charge in [0.05, 0.1) is 21.2 Å². The minimum absolute atomic E-state index is 0.0291. The maximum Gasteiger partial charge on any atom is 0.412 e. The lowest BCUT2D eigenvalue weighted by molar-refractivity contribution is -0.384. The maximum absolute atomic E-state index is 14.7. The van der Waals surface area contributed by atoms with Gasteiger partial charge >= 0.3 is 6.09 Å². The monoisotopic (exact) mass is 427 g/mol. The SMILES string of the molecule is CC(C)(C)OC(=O)Nc1c(F)ccc(C(=O)Nc2cc([N+](=O)[O-])ccc2Cl)c1F. The standard InChI is InChI=1S/C18H16ClF2N3O5/c1-18(2,3)29-17(26)23-15-12(20)7-5-10(14(15)21)16(25)22-13-8-9(24(27)28)4-6-11(13)19/h4-8H,1-3H3,(H,22,25)(H,23,26). The molecule has 2 aromatic carbocycles. The molecular weight excluding hydrogens is 412 g/mol. The van der Waals surface area contributed by atoms with Crippen molar-refractivity contribution in [2.45, 2.75) is 26.4 Å². The quantitative estimate of drug-likeness (QED) is 0.519. The van der Waals surface area contributed by atoms with E-state index < -0.39 is 45.4 Å². The average molecular weight is 428 g/mol. The van der Waals surface area contributed by atoms with Gasteiger partial charge in [0, 0.05) is 12.1 Å². The number of nitrogens with one attached hydrogen (secondary N) is 2. The molecule has 0 saturated heterocycles. The van der Waals surface area contributed by atoms with Crippen molar-refractivity contribution >= 4 is 40.7 Å². The molecule has 2 amide bonds. The number of carbonyl (C=O) groups is 2. The third kappa shape index (κ3) is 5.61. The zero-order chi connectivity index (χ0) is 21.9. The summed E-state index contributed by atoms with van der Waals surface area (Å²) >= 11 is 5.89. The highest BCUT2D eigenvalue weighted by molar-refractivity contribution is 6.34. The first kappa shape index (κ1) is 22.0. The second-order valence-electron chi connectivity index (χ2n) is 6.79. The van der Waals surface area contributed by atoms with Gasteiger partial charge in [-0.2, -0.15) is 0 Å². The van der Waals surface area contributed by atoms with Crippen LogP contribution in [-0.2, 0) is 4.74 Å². The van der Waals surface area contributed by atoms with Crippen LogP contribution >= 0.6 is 11.6 Å². The highest BCUT2D eigenvalue weighted by Gasteiger charge is 2.24. The van der Waals surface area contributed by atoms with E-state index in [9.17, 15) is 28.5 Å². The summed E-state index contributed by atoms with van der Waals surface area (Å²) in [4.78, 5) is 34.4. The fraction of sp³-hybridized carbons (Fsp3) is 0.222. The maximum atomic E-state index is 14.7. The van der Waals surface area contributed by atoms with E-state index in [4.69, 9.17) is 16.3 Å². The Kier molecular flexibility index (Phi) is 6.38. The van der Waals surface area contributed by atoms with Gasteiger partial charge in [-0.05, 0) is 39.0 Å². The van der Waals surface area contributed by atoms with Gasteiger partial charge in [0.25, 0.3) is 11.6 Å². The summed E-state index contributed by atoms with van der Waals surface area (Å²) in [6, 6.07) is 4.93. The summed E-state index contributed by atoms with van der Waals surface area (Å²) < 4.78 is 33.6. The Morgan fingerprint density at radius 3 is 2.38 bits per heavy atom. The number of hydrogen-bond donors (Lipinski definition) is 2. The molecule has 0 saturated carbocycles. The van der Waals surface area contributed by atoms with Crippen LogP contribution in [0.3, 0.4) is 0 Å². The van der Waals surface area contributed by atoms with Crippen molar-refractivity contribution < 1.29 is 28.0 Å². The highest BCUT2D eigenvalue weighted by atomic mass is 35.5. The molecule has 0 heterocycles. The second kappa shape index (κ2) is 8.39. The van der Waals surface area contributed by atoms with Crippen molar-refractivity contribution in [2.75, 3.05) is 10.6 Å². The average Bonchev–Trinajstić information content (AvgIpc) is 2.58. The fourth-order valence-corrected chi connectivity index (χ4v) is 2.33. The minimum atomic E-state index is -1.35. The number of ether oxygens (including phenoxy) is 1. The first-order chi connectivity index (χ1) is 13.4. The summed E-state index contributed by atoms with van der Waals surface area (Å²) in [5, 5.41) is 15.0. The molecule has 0 aromatic heterocycles. The van der Waals surface area contributed by atoms with Crippen molar-refractivity contribution in [2.24, 2.45) is 0 Å². The molecule has 29 heavy (non-hydrogen) atoms. The van der Waals surface area contributed by atoms with Crippen molar-refractivity contribution in [3.63, 3.8) is 0 Å². The Hall–Kier alpha value is -3.27. The van der Waals surface area contributed by atoms with Gasteiger partial charge in [0.2, 0.25) is 0 Å². The smallest absolute Gasteiger partial charge is 0.412 e. The fourth-order valence-electron chi connectivity index (χ4n) is 2.16. The van der Waals surface area contributed by atoms with Crippen LogP contribution in [0.25, 0.3) is 0 Å². The number of rotatable bonds is 4. The van der Waals surface area contributed by atoms with Crippen LogP contribution in [0, 0.1) is 21.7 Å². The van der Waals surface area contributed by atoms with E-state index in [-0.39, 0.29) is 16.4 Å². The molecule has 11 heteroatoms. The molecule has 154 valence electrons. The molecule has 0 radical (unpaired) electrons. The van der Waals surface area contributed by atoms with Crippen molar-refractivity contribution in [3.8, 4) is 0 Å². The number of carbonyl (C=O) groups excluding carboxylic acids is 2. The Morgan fingerprint density at radius 2 is 1.79 bits per heavy atom. The number of halogens is 3. The third-order valence-corrected chi connectivity index (χ3v) is 3.70. The molecule has 0 fully saturated rings. The normalized spacial score (nSPS) is 11.0. The largest absolute Gasteiger partial charge is 0.444 e. The molecule has 0 aliphatic heterocycles. The predicted molar refractivity (Wildman–Crippen MR) is 102 cm³/mol. The zero-order valence-electron chi connectivity index (χ0n) is 15.5. The lowest BCUT2D eigenvalue weighted by Crippen LogP contribution is -2.28. The van der Waals surface area contributed by atoms with Gasteiger partial charge in [-0.3, -0.25) is 20.2 Å². The van der Waals surface area contributed by atoms with Gasteiger partial charge in [0.15, 0.2) is 5.82 Å². The van der Waals surface area contributed by atoms with Crippen LogP contribution in [0.15, 0.2) is 30.3 Å². The zero-order valence-corrected chi connectivity index (χ0v) is 16.3. The summed E-state index contributed by atoms with van der Waals surface area (Å²) in [6.07, 6.45) is -1.12. The molecule has 2 aromatic rings. The van der Waals surface area contributed by atoms with Crippen molar-refractivity contribution in [1.29, 1.82) is 0 Å². The molecule has 0 aliphatic rings. The number of nitro benzene ring substituents is 1. The first-order valence-electron chi connectivity index (χ1n) is 8.12. The molecule has 2 N–H and O–H groups in total. The first-order valence-corrected chi connectivity index (χ1v) is 8.50. The van der Waals surface area contributed by atoms with E-state index in [1.807, 2.05) is 5.32 Å². The van der Waals surface area contributed by atoms with Crippen LogP contribution in [0.2, 0.25) is 5.02 Å². The molecule has 0 spiro atoms. The number of nitro groups is 1. The Labute approximate surface area is 169 Å². The number of benzene rings is 2. The summed E-state index contributed by atoms with van der Waals surface area (Å²) in [7, 11) is 0. The van der Waals surface area contributed by atoms with Crippen LogP contribution in [0.4, 0.5) is 30.6 Å². The van der Waals surface area contributed by atoms with E-state index in [1.165, 1.54) is 6.07 Å². The molecular formula is C18H16ClF2N3O5. The third-order valence-electron chi connectivity index (χ3n) is 3.37. The van der Waals surface area contributed by atoms with Crippen LogP contribution < -0.4 is 10.6 Å². The van der Waals surface area contributed by atoms with Gasteiger partial charge < -0.3 is 10.1 Å². The van der Waals surface area contributed by atoms with Crippen LogP contribution in [0.5, 0.6) is 0 Å². The van der Waals surface area contributed by atoms with E-state index in [1.54, 1.807) is 20.8 Å². The lowest BCUT2D eigenvalue weighted by Gasteiger charge is -2.20. The molecule has 0 bridgehead atoms. The Morgan fingerprint density at radius 1 is 1.14 bits per heavy atom. The Bertz CT molecular complexity index is 992. The topological polar surface area (TPSA) is 111 Å². The van der Waals surface area contributed by atoms with E-state index in [2.05, 4.69) is 5.32 Å². The lowest BCUT2D eigenvalue weighted by atomic mass is 10.1. The van der Waals surface area contributed by atoms with Gasteiger partial charge in [0.1, 0.15) is 17.1 Å². The van der Waals surface area contributed by atoms with E-state index in [0.29, 0.717) is 0 Å². The molecule has 0 unspecified atom stereocenters. The Balaban J connectivity index is 2.31. The summed E-state index contributed by atoms with van der Waals surface area (Å²) in [5.41, 5.74) is -2.91. The van der Waals surface area contributed by atoms with Gasteiger partial charge in [-0.1, -0.05) is 11.6 Å². The molecule has 0 atom stereocenters. The number of non-ortho nitro benzene ring substituents is 1. The molecule has 8 nitrogen and oxygen atoms in total. The number of anilines is 2. The van der Waals surface area contributed by atoms with E-state index in [0.717, 1.165) is 24.3 Å². The predicted octanol–water partition coefficient (Wildman–Crippen LogP) is 5.13. The van der Waals surface area contributed by atoms with Crippen molar-refractivity contribution in [3.05, 3.63) is 62.7 Å². The van der Waals surface area contributed by atoms with Crippen LogP contribution in [-0.4, -0.2) is 22.5 Å². The summed E-state index contributed by atoms with van der Waals surface area (Å²) in [5.74, 6) is -3.54. The highest BCUT2D eigenvalue weighted by Crippen LogP contribution is 2.29. The number of nitrogens with zero attached hydrogens (tertiary/aromatic N) is 1. The van der Waals surface area contributed by atoms with Gasteiger partial charge in [-0.25, -0.2) is 13.6 Å². The van der Waals surface area contributed by atoms with Crippen molar-refractivity contribution in [1.82, 2.24) is 0 Å². The molecule has 0 aliphatic carbocycles. The van der Waals surface area contributed by atoms with Crippen LogP contribution in [0.1, 0.15) is 31.1 Å². The van der Waals surface area contributed by atoms with E-state index >= 15 is 0 Å². The molecule has 2 rings (SSSR count). The second-order valence-corrected chi connectivity index (χ2v) is 7.19. The number of hydrogen-bond acceptors (Lipinski definition) is 5.